The zero-order valence-electron chi connectivity index (χ0n) is 19.1. The molecule has 1 nitrogen and oxygen atoms in total. The molecular weight excluding hydrogens is 340 g/mol. The molecule has 1 fully saturated rings. The van der Waals surface area contributed by atoms with Crippen molar-refractivity contribution < 1.29 is 4.74 Å². The molecule has 0 N–H and O–H groups in total. The van der Waals surface area contributed by atoms with Crippen molar-refractivity contribution in [2.45, 2.75) is 92.1 Å². The van der Waals surface area contributed by atoms with Gasteiger partial charge in [0, 0.05) is 0 Å². The first-order valence-electron chi connectivity index (χ1n) is 11.3. The van der Waals surface area contributed by atoms with E-state index in [1.54, 1.807) is 0 Å². The first kappa shape index (κ1) is 21.2. The fourth-order valence-corrected chi connectivity index (χ4v) is 4.73. The summed E-state index contributed by atoms with van der Waals surface area (Å²) < 4.78 is 6.38. The van der Waals surface area contributed by atoms with E-state index in [0.29, 0.717) is 17.4 Å². The van der Waals surface area contributed by atoms with E-state index in [1.807, 2.05) is 0 Å². The molecule has 0 heterocycles. The molecule has 1 saturated carbocycles. The van der Waals surface area contributed by atoms with Gasteiger partial charge in [0.05, 0.1) is 6.10 Å². The van der Waals surface area contributed by atoms with Crippen molar-refractivity contribution in [2.75, 3.05) is 0 Å². The third kappa shape index (κ3) is 4.56. The quantitative estimate of drug-likeness (QED) is 0.508. The molecule has 0 aliphatic heterocycles. The molecule has 1 unspecified atom stereocenters. The second kappa shape index (κ2) is 8.09. The molecule has 2 aromatic carbocycles. The lowest BCUT2D eigenvalue weighted by atomic mass is 9.72. The monoisotopic (exact) mass is 380 g/mol. The third-order valence-corrected chi connectivity index (χ3v) is 7.60. The topological polar surface area (TPSA) is 9.23 Å². The summed E-state index contributed by atoms with van der Waals surface area (Å²) in [5, 5.41) is 2.60. The standard InChI is InChI=1S/C27H40O/c1-8-19(2)27(6,7)23-11-9-21-18-25(14-10-20(21)17-23)28-24-15-12-22(13-16-24)26(3,4)5/h9-11,14,17-19,22,24H,8,12-13,15-16H2,1-7H3. The first-order chi connectivity index (χ1) is 13.1. The molecule has 0 amide bonds. The van der Waals surface area contributed by atoms with Gasteiger partial charge in [0.15, 0.2) is 0 Å². The van der Waals surface area contributed by atoms with Gasteiger partial charge >= 0.3 is 0 Å². The van der Waals surface area contributed by atoms with Crippen molar-refractivity contribution in [3.8, 4) is 5.75 Å². The Kier molecular flexibility index (Phi) is 6.13. The summed E-state index contributed by atoms with van der Waals surface area (Å²) in [5.41, 5.74) is 2.06. The van der Waals surface area contributed by atoms with Gasteiger partial charge in [0.1, 0.15) is 5.75 Å². The van der Waals surface area contributed by atoms with E-state index >= 15 is 0 Å². The van der Waals surface area contributed by atoms with E-state index in [2.05, 4.69) is 84.9 Å². The van der Waals surface area contributed by atoms with Crippen LogP contribution < -0.4 is 4.74 Å². The summed E-state index contributed by atoms with van der Waals surface area (Å²) in [4.78, 5) is 0. The minimum atomic E-state index is 0.198. The molecule has 1 heteroatoms. The average molecular weight is 381 g/mol. The summed E-state index contributed by atoms with van der Waals surface area (Å²) in [7, 11) is 0. The molecule has 0 bridgehead atoms. The SMILES string of the molecule is CCC(C)C(C)(C)c1ccc2cc(OC3CCC(C(C)(C)C)CC3)ccc2c1. The van der Waals surface area contributed by atoms with Crippen molar-refractivity contribution >= 4 is 10.8 Å². The Labute approximate surface area is 172 Å². The number of fused-ring (bicyclic) bond motifs is 1. The minimum Gasteiger partial charge on any atom is -0.490 e. The Morgan fingerprint density at radius 3 is 2.11 bits per heavy atom. The fraction of sp³-hybridized carbons (Fsp3) is 0.630. The van der Waals surface area contributed by atoms with Gasteiger partial charge in [-0.2, -0.15) is 0 Å². The minimum absolute atomic E-state index is 0.198. The van der Waals surface area contributed by atoms with Crippen LogP contribution in [0.4, 0.5) is 0 Å². The third-order valence-electron chi connectivity index (χ3n) is 7.60. The van der Waals surface area contributed by atoms with Gasteiger partial charge in [0.25, 0.3) is 0 Å². The van der Waals surface area contributed by atoms with Gasteiger partial charge in [-0.25, -0.2) is 0 Å². The summed E-state index contributed by atoms with van der Waals surface area (Å²) in [6.07, 6.45) is 6.52. The van der Waals surface area contributed by atoms with Crippen LogP contribution in [0.25, 0.3) is 10.8 Å². The molecule has 154 valence electrons. The molecule has 1 aliphatic carbocycles. The van der Waals surface area contributed by atoms with Crippen molar-refractivity contribution in [1.29, 1.82) is 0 Å². The molecular formula is C27H40O. The summed E-state index contributed by atoms with van der Waals surface area (Å²) in [6, 6.07) is 13.6. The van der Waals surface area contributed by atoms with Crippen LogP contribution in [0.5, 0.6) is 5.75 Å². The van der Waals surface area contributed by atoms with E-state index in [9.17, 15) is 0 Å². The Bertz CT molecular complexity index is 788. The van der Waals surface area contributed by atoms with E-state index in [4.69, 9.17) is 4.74 Å². The Morgan fingerprint density at radius 1 is 0.893 bits per heavy atom. The van der Waals surface area contributed by atoms with Crippen molar-refractivity contribution in [3.63, 3.8) is 0 Å². The van der Waals surface area contributed by atoms with Crippen LogP contribution in [0, 0.1) is 17.3 Å². The molecule has 0 radical (unpaired) electrons. The fourth-order valence-electron chi connectivity index (χ4n) is 4.73. The highest BCUT2D eigenvalue weighted by molar-refractivity contribution is 5.84. The Morgan fingerprint density at radius 2 is 1.50 bits per heavy atom. The van der Waals surface area contributed by atoms with Crippen LogP contribution in [-0.4, -0.2) is 6.10 Å². The molecule has 0 saturated heterocycles. The number of hydrogen-bond donors (Lipinski definition) is 0. The smallest absolute Gasteiger partial charge is 0.120 e. The van der Waals surface area contributed by atoms with Gasteiger partial charge in [-0.3, -0.25) is 0 Å². The van der Waals surface area contributed by atoms with Gasteiger partial charge in [-0.15, -0.1) is 0 Å². The number of ether oxygens (including phenoxy) is 1. The van der Waals surface area contributed by atoms with Crippen molar-refractivity contribution in [3.05, 3.63) is 42.0 Å². The lowest BCUT2D eigenvalue weighted by molar-refractivity contribution is 0.0883. The second-order valence-electron chi connectivity index (χ2n) is 10.7. The van der Waals surface area contributed by atoms with Gasteiger partial charge in [-0.05, 0) is 76.8 Å². The molecule has 0 spiro atoms. The van der Waals surface area contributed by atoms with Crippen LogP contribution in [0.1, 0.15) is 86.1 Å². The van der Waals surface area contributed by atoms with Crippen LogP contribution >= 0.6 is 0 Å². The van der Waals surface area contributed by atoms with Gasteiger partial charge in [-0.1, -0.05) is 79.2 Å². The number of hydrogen-bond acceptors (Lipinski definition) is 1. The van der Waals surface area contributed by atoms with E-state index < -0.39 is 0 Å². The summed E-state index contributed by atoms with van der Waals surface area (Å²) in [5.74, 6) is 2.52. The molecule has 3 rings (SSSR count). The van der Waals surface area contributed by atoms with Gasteiger partial charge < -0.3 is 4.74 Å². The molecule has 28 heavy (non-hydrogen) atoms. The summed E-state index contributed by atoms with van der Waals surface area (Å²) >= 11 is 0. The van der Waals surface area contributed by atoms with E-state index in [0.717, 1.165) is 11.7 Å². The van der Waals surface area contributed by atoms with Crippen molar-refractivity contribution in [2.24, 2.45) is 17.3 Å². The molecule has 2 aromatic rings. The summed E-state index contributed by atoms with van der Waals surface area (Å²) in [6.45, 7) is 16.5. The number of rotatable bonds is 5. The highest BCUT2D eigenvalue weighted by atomic mass is 16.5. The Hall–Kier alpha value is -1.50. The predicted molar refractivity (Wildman–Crippen MR) is 122 cm³/mol. The predicted octanol–water partition coefficient (Wildman–Crippen LogP) is 8.15. The zero-order valence-corrected chi connectivity index (χ0v) is 19.1. The van der Waals surface area contributed by atoms with Crippen LogP contribution in [-0.2, 0) is 5.41 Å². The highest BCUT2D eigenvalue weighted by Crippen LogP contribution is 2.39. The highest BCUT2D eigenvalue weighted by Gasteiger charge is 2.30. The molecule has 1 aliphatic rings. The maximum Gasteiger partial charge on any atom is 0.120 e. The average Bonchev–Trinajstić information content (AvgIpc) is 2.66. The van der Waals surface area contributed by atoms with Crippen molar-refractivity contribution in [1.82, 2.24) is 0 Å². The second-order valence-corrected chi connectivity index (χ2v) is 10.7. The molecule has 0 aromatic heterocycles. The van der Waals surface area contributed by atoms with Crippen LogP contribution in [0.3, 0.4) is 0 Å². The molecule has 1 atom stereocenters. The van der Waals surface area contributed by atoms with E-state index in [-0.39, 0.29) is 5.41 Å². The maximum absolute atomic E-state index is 6.38. The zero-order chi connectivity index (χ0) is 20.5. The number of benzene rings is 2. The van der Waals surface area contributed by atoms with Crippen LogP contribution in [0.2, 0.25) is 0 Å². The lowest BCUT2D eigenvalue weighted by Gasteiger charge is -2.37. The van der Waals surface area contributed by atoms with Gasteiger partial charge in [0.2, 0.25) is 0 Å². The largest absolute Gasteiger partial charge is 0.490 e. The maximum atomic E-state index is 6.38. The first-order valence-corrected chi connectivity index (χ1v) is 11.3. The normalized spacial score (nSPS) is 22.2. The lowest BCUT2D eigenvalue weighted by Crippen LogP contribution is -2.30. The van der Waals surface area contributed by atoms with E-state index in [1.165, 1.54) is 48.4 Å². The Balaban J connectivity index is 1.71. The van der Waals surface area contributed by atoms with Crippen LogP contribution in [0.15, 0.2) is 36.4 Å².